The minimum absolute atomic E-state index is 0.128. The van der Waals surface area contributed by atoms with Crippen molar-refractivity contribution in [2.24, 2.45) is 0 Å². The number of hydrogen-bond donors (Lipinski definition) is 1. The SMILES string of the molecule is O=C(NC1(c2ccc(F)cc2)CCC1)c1cccc2c1OCO2. The number of amides is 1. The van der Waals surface area contributed by atoms with Crippen LogP contribution >= 0.6 is 0 Å². The van der Waals surface area contributed by atoms with Gasteiger partial charge in [0.2, 0.25) is 6.79 Å². The standard InChI is InChI=1S/C18H16FNO3/c19-13-7-5-12(6-8-13)18(9-2-10-18)20-17(21)14-3-1-4-15-16(14)23-11-22-15/h1,3-8H,2,9-11H2,(H,20,21). The number of hydrogen-bond acceptors (Lipinski definition) is 3. The molecule has 2 aliphatic rings. The quantitative estimate of drug-likeness (QED) is 0.945. The molecule has 1 fully saturated rings. The molecule has 0 spiro atoms. The average Bonchev–Trinajstić information content (AvgIpc) is 3.00. The van der Waals surface area contributed by atoms with Crippen LogP contribution in [0.2, 0.25) is 0 Å². The average molecular weight is 313 g/mol. The molecule has 1 N–H and O–H groups in total. The number of carbonyl (C=O) groups excluding carboxylic acids is 1. The molecule has 1 saturated carbocycles. The van der Waals surface area contributed by atoms with Crippen molar-refractivity contribution in [3.63, 3.8) is 0 Å². The van der Waals surface area contributed by atoms with Crippen molar-refractivity contribution >= 4 is 5.91 Å². The highest BCUT2D eigenvalue weighted by molar-refractivity contribution is 5.98. The molecular weight excluding hydrogens is 297 g/mol. The van der Waals surface area contributed by atoms with E-state index in [0.717, 1.165) is 24.8 Å². The predicted molar refractivity (Wildman–Crippen MR) is 82.0 cm³/mol. The third-order valence-electron chi connectivity index (χ3n) is 4.60. The van der Waals surface area contributed by atoms with Crippen molar-refractivity contribution in [2.45, 2.75) is 24.8 Å². The molecule has 0 aromatic heterocycles. The molecule has 1 heterocycles. The Morgan fingerprint density at radius 1 is 1.09 bits per heavy atom. The number of nitrogens with one attached hydrogen (secondary N) is 1. The summed E-state index contributed by atoms with van der Waals surface area (Å²) in [6, 6.07) is 11.6. The fourth-order valence-electron chi connectivity index (χ4n) is 3.18. The van der Waals surface area contributed by atoms with Gasteiger partial charge in [0, 0.05) is 0 Å². The zero-order chi connectivity index (χ0) is 15.9. The Labute approximate surface area is 133 Å². The third-order valence-corrected chi connectivity index (χ3v) is 4.60. The maximum Gasteiger partial charge on any atom is 0.255 e. The van der Waals surface area contributed by atoms with Crippen LogP contribution in [0.15, 0.2) is 42.5 Å². The molecule has 0 bridgehead atoms. The Morgan fingerprint density at radius 2 is 1.87 bits per heavy atom. The van der Waals surface area contributed by atoms with Crippen molar-refractivity contribution in [1.29, 1.82) is 0 Å². The van der Waals surface area contributed by atoms with E-state index in [1.54, 1.807) is 30.3 Å². The van der Waals surface area contributed by atoms with E-state index >= 15 is 0 Å². The van der Waals surface area contributed by atoms with Gasteiger partial charge in [0.05, 0.1) is 11.1 Å². The van der Waals surface area contributed by atoms with Crippen LogP contribution in [-0.4, -0.2) is 12.7 Å². The molecule has 1 amide bonds. The van der Waals surface area contributed by atoms with Crippen LogP contribution in [0, 0.1) is 5.82 Å². The Balaban J connectivity index is 1.62. The van der Waals surface area contributed by atoms with Gasteiger partial charge in [-0.05, 0) is 49.1 Å². The van der Waals surface area contributed by atoms with E-state index in [-0.39, 0.29) is 18.5 Å². The molecule has 4 rings (SSSR count). The highest BCUT2D eigenvalue weighted by atomic mass is 19.1. The summed E-state index contributed by atoms with van der Waals surface area (Å²) in [6.07, 6.45) is 2.72. The maximum absolute atomic E-state index is 13.2. The maximum atomic E-state index is 13.2. The van der Waals surface area contributed by atoms with Crippen LogP contribution in [0.25, 0.3) is 0 Å². The zero-order valence-corrected chi connectivity index (χ0v) is 12.5. The number of carbonyl (C=O) groups is 1. The fourth-order valence-corrected chi connectivity index (χ4v) is 3.18. The van der Waals surface area contributed by atoms with Gasteiger partial charge < -0.3 is 14.8 Å². The lowest BCUT2D eigenvalue weighted by atomic mass is 9.71. The summed E-state index contributed by atoms with van der Waals surface area (Å²) in [5, 5.41) is 3.11. The molecule has 0 atom stereocenters. The molecule has 23 heavy (non-hydrogen) atoms. The van der Waals surface area contributed by atoms with E-state index in [2.05, 4.69) is 5.32 Å². The first-order chi connectivity index (χ1) is 11.2. The van der Waals surface area contributed by atoms with Gasteiger partial charge in [-0.2, -0.15) is 0 Å². The third kappa shape index (κ3) is 2.32. The van der Waals surface area contributed by atoms with Crippen LogP contribution < -0.4 is 14.8 Å². The summed E-state index contributed by atoms with van der Waals surface area (Å²) in [6.45, 7) is 0.128. The van der Waals surface area contributed by atoms with Crippen molar-refractivity contribution in [3.8, 4) is 11.5 Å². The summed E-state index contributed by atoms with van der Waals surface area (Å²) in [7, 11) is 0. The van der Waals surface area contributed by atoms with Gasteiger partial charge in [-0.1, -0.05) is 18.2 Å². The molecule has 2 aromatic rings. The lowest BCUT2D eigenvalue weighted by Crippen LogP contribution is -2.50. The van der Waals surface area contributed by atoms with Crippen molar-refractivity contribution < 1.29 is 18.7 Å². The molecule has 0 saturated heterocycles. The normalized spacial score (nSPS) is 17.4. The van der Waals surface area contributed by atoms with E-state index in [9.17, 15) is 9.18 Å². The van der Waals surface area contributed by atoms with E-state index in [4.69, 9.17) is 9.47 Å². The molecular formula is C18H16FNO3. The number of halogens is 1. The molecule has 2 aromatic carbocycles. The second-order valence-corrected chi connectivity index (χ2v) is 5.94. The molecule has 5 heteroatoms. The molecule has 1 aliphatic carbocycles. The van der Waals surface area contributed by atoms with Crippen molar-refractivity contribution in [3.05, 3.63) is 59.4 Å². The summed E-state index contributed by atoms with van der Waals surface area (Å²) < 4.78 is 23.9. The second-order valence-electron chi connectivity index (χ2n) is 5.94. The Hall–Kier alpha value is -2.56. The van der Waals surface area contributed by atoms with Gasteiger partial charge in [0.1, 0.15) is 5.82 Å². The van der Waals surface area contributed by atoms with Gasteiger partial charge in [0.15, 0.2) is 11.5 Å². The molecule has 4 nitrogen and oxygen atoms in total. The zero-order valence-electron chi connectivity index (χ0n) is 12.5. The lowest BCUT2D eigenvalue weighted by Gasteiger charge is -2.43. The topological polar surface area (TPSA) is 47.6 Å². The monoisotopic (exact) mass is 313 g/mol. The van der Waals surface area contributed by atoms with Crippen LogP contribution in [-0.2, 0) is 5.54 Å². The Kier molecular flexibility index (Phi) is 3.22. The van der Waals surface area contributed by atoms with Crippen molar-refractivity contribution in [1.82, 2.24) is 5.32 Å². The van der Waals surface area contributed by atoms with Crippen LogP contribution in [0.1, 0.15) is 35.2 Å². The van der Waals surface area contributed by atoms with Crippen LogP contribution in [0.5, 0.6) is 11.5 Å². The van der Waals surface area contributed by atoms with Gasteiger partial charge in [-0.3, -0.25) is 4.79 Å². The fraction of sp³-hybridized carbons (Fsp3) is 0.278. The van der Waals surface area contributed by atoms with Gasteiger partial charge in [0.25, 0.3) is 5.91 Å². The summed E-state index contributed by atoms with van der Waals surface area (Å²) >= 11 is 0. The van der Waals surface area contributed by atoms with E-state index in [0.29, 0.717) is 17.1 Å². The molecule has 118 valence electrons. The smallest absolute Gasteiger partial charge is 0.255 e. The summed E-state index contributed by atoms with van der Waals surface area (Å²) in [4.78, 5) is 12.7. The van der Waals surface area contributed by atoms with Crippen LogP contribution in [0.3, 0.4) is 0 Å². The van der Waals surface area contributed by atoms with E-state index in [1.165, 1.54) is 12.1 Å². The first kappa shape index (κ1) is 14.1. The second kappa shape index (κ2) is 5.26. The number of benzene rings is 2. The molecule has 0 radical (unpaired) electrons. The number of fused-ring (bicyclic) bond motifs is 1. The molecule has 0 unspecified atom stereocenters. The number of rotatable bonds is 3. The minimum Gasteiger partial charge on any atom is -0.454 e. The summed E-state index contributed by atoms with van der Waals surface area (Å²) in [5.41, 5.74) is 0.976. The number of ether oxygens (including phenoxy) is 2. The van der Waals surface area contributed by atoms with Gasteiger partial charge in [-0.25, -0.2) is 4.39 Å². The first-order valence-electron chi connectivity index (χ1n) is 7.65. The van der Waals surface area contributed by atoms with Crippen molar-refractivity contribution in [2.75, 3.05) is 6.79 Å². The first-order valence-corrected chi connectivity index (χ1v) is 7.65. The number of para-hydroxylation sites is 1. The highest BCUT2D eigenvalue weighted by Crippen LogP contribution is 2.42. The Bertz CT molecular complexity index is 753. The van der Waals surface area contributed by atoms with Crippen LogP contribution in [0.4, 0.5) is 4.39 Å². The van der Waals surface area contributed by atoms with Gasteiger partial charge >= 0.3 is 0 Å². The lowest BCUT2D eigenvalue weighted by molar-refractivity contribution is 0.0819. The summed E-state index contributed by atoms with van der Waals surface area (Å²) in [5.74, 6) is 0.595. The minimum atomic E-state index is -0.424. The predicted octanol–water partition coefficient (Wildman–Crippen LogP) is 3.36. The van der Waals surface area contributed by atoms with E-state index < -0.39 is 5.54 Å². The Morgan fingerprint density at radius 3 is 2.57 bits per heavy atom. The van der Waals surface area contributed by atoms with E-state index in [1.807, 2.05) is 0 Å². The molecule has 1 aliphatic heterocycles. The van der Waals surface area contributed by atoms with Gasteiger partial charge in [-0.15, -0.1) is 0 Å². The largest absolute Gasteiger partial charge is 0.454 e. The highest BCUT2D eigenvalue weighted by Gasteiger charge is 2.40.